The quantitative estimate of drug-likeness (QED) is 0.695. The lowest BCUT2D eigenvalue weighted by atomic mass is 9.95. The topological polar surface area (TPSA) is 62.5 Å². The molecule has 1 aliphatic carbocycles. The van der Waals surface area contributed by atoms with Crippen molar-refractivity contribution in [2.24, 2.45) is 0 Å². The number of hydrogen-bond acceptors (Lipinski definition) is 3. The van der Waals surface area contributed by atoms with Gasteiger partial charge in [-0.3, -0.25) is 4.79 Å². The Morgan fingerprint density at radius 2 is 1.81 bits per heavy atom. The van der Waals surface area contributed by atoms with Gasteiger partial charge in [0.05, 0.1) is 17.8 Å². The molecule has 1 aliphatic rings. The Balaban J connectivity index is 1.38. The van der Waals surface area contributed by atoms with Gasteiger partial charge in [-0.05, 0) is 48.2 Å². The van der Waals surface area contributed by atoms with Crippen LogP contribution in [0.1, 0.15) is 30.1 Å². The predicted molar refractivity (Wildman–Crippen MR) is 99.4 cm³/mol. The van der Waals surface area contributed by atoms with Crippen LogP contribution >= 0.6 is 0 Å². The molecule has 1 aromatic heterocycles. The lowest BCUT2D eigenvalue weighted by Crippen LogP contribution is -2.37. The van der Waals surface area contributed by atoms with Gasteiger partial charge in [-0.2, -0.15) is 0 Å². The summed E-state index contributed by atoms with van der Waals surface area (Å²) in [6.07, 6.45) is 2.28. The summed E-state index contributed by atoms with van der Waals surface area (Å²) in [5, 5.41) is 13.2. The van der Waals surface area contributed by atoms with Crippen molar-refractivity contribution in [3.8, 4) is 11.3 Å². The summed E-state index contributed by atoms with van der Waals surface area (Å²) in [4.78, 5) is 12.6. The maximum Gasteiger partial charge on any atom is 0.230 e. The van der Waals surface area contributed by atoms with E-state index in [0.717, 1.165) is 35.3 Å². The number of furan rings is 1. The minimum Gasteiger partial charge on any atom is -0.464 e. The van der Waals surface area contributed by atoms with Crippen LogP contribution in [0, 0.1) is 5.82 Å². The SMILES string of the molecule is O=C(NCC(O)c1ccc(-c2ccco2)cc1)C1(c2ccc(F)cc2)CC1. The molecular formula is C22H20FNO3. The van der Waals surface area contributed by atoms with E-state index in [1.54, 1.807) is 18.4 Å². The van der Waals surface area contributed by atoms with Gasteiger partial charge in [-0.1, -0.05) is 36.4 Å². The third-order valence-corrected chi connectivity index (χ3v) is 5.14. The molecule has 2 N–H and O–H groups in total. The highest BCUT2D eigenvalue weighted by molar-refractivity contribution is 5.91. The van der Waals surface area contributed by atoms with Gasteiger partial charge in [-0.15, -0.1) is 0 Å². The third kappa shape index (κ3) is 3.51. The largest absolute Gasteiger partial charge is 0.464 e. The first kappa shape index (κ1) is 17.5. The van der Waals surface area contributed by atoms with Crippen LogP contribution in [0.2, 0.25) is 0 Å². The van der Waals surface area contributed by atoms with Gasteiger partial charge in [-0.25, -0.2) is 4.39 Å². The smallest absolute Gasteiger partial charge is 0.230 e. The molecule has 1 amide bonds. The summed E-state index contributed by atoms with van der Waals surface area (Å²) in [5.41, 5.74) is 1.88. The second-order valence-electron chi connectivity index (χ2n) is 6.91. The lowest BCUT2D eigenvalue weighted by Gasteiger charge is -2.18. The summed E-state index contributed by atoms with van der Waals surface area (Å²) < 4.78 is 18.5. The number of hydrogen-bond donors (Lipinski definition) is 2. The number of aliphatic hydroxyl groups excluding tert-OH is 1. The van der Waals surface area contributed by atoms with E-state index in [9.17, 15) is 14.3 Å². The highest BCUT2D eigenvalue weighted by atomic mass is 19.1. The zero-order valence-corrected chi connectivity index (χ0v) is 14.7. The average molecular weight is 365 g/mol. The van der Waals surface area contributed by atoms with E-state index in [-0.39, 0.29) is 18.3 Å². The van der Waals surface area contributed by atoms with Crippen molar-refractivity contribution in [2.45, 2.75) is 24.4 Å². The molecule has 0 saturated heterocycles. The summed E-state index contributed by atoms with van der Waals surface area (Å²) in [5.74, 6) is 0.322. The molecule has 1 fully saturated rings. The second kappa shape index (κ2) is 7.00. The molecular weight excluding hydrogens is 345 g/mol. The minimum absolute atomic E-state index is 0.125. The summed E-state index contributed by atoms with van der Waals surface area (Å²) in [7, 11) is 0. The normalized spacial score (nSPS) is 15.9. The average Bonchev–Trinajstić information content (AvgIpc) is 3.32. The predicted octanol–water partition coefficient (Wildman–Crippen LogP) is 3.97. The molecule has 4 rings (SSSR count). The van der Waals surface area contributed by atoms with Crippen molar-refractivity contribution in [2.75, 3.05) is 6.54 Å². The van der Waals surface area contributed by atoms with Crippen LogP contribution in [0.4, 0.5) is 4.39 Å². The van der Waals surface area contributed by atoms with Crippen molar-refractivity contribution >= 4 is 5.91 Å². The number of rotatable bonds is 6. The van der Waals surface area contributed by atoms with E-state index < -0.39 is 11.5 Å². The van der Waals surface area contributed by atoms with Gasteiger partial charge in [0.15, 0.2) is 0 Å². The van der Waals surface area contributed by atoms with Gasteiger partial charge in [0.25, 0.3) is 0 Å². The zero-order valence-electron chi connectivity index (χ0n) is 14.7. The molecule has 0 radical (unpaired) electrons. The number of benzene rings is 2. The monoisotopic (exact) mass is 365 g/mol. The van der Waals surface area contributed by atoms with Crippen molar-refractivity contribution in [1.29, 1.82) is 0 Å². The fourth-order valence-electron chi connectivity index (χ4n) is 3.33. The van der Waals surface area contributed by atoms with Crippen LogP contribution in [0.25, 0.3) is 11.3 Å². The Kier molecular flexibility index (Phi) is 4.54. The maximum absolute atomic E-state index is 13.1. The molecule has 4 nitrogen and oxygen atoms in total. The molecule has 0 aliphatic heterocycles. The molecule has 1 unspecified atom stereocenters. The van der Waals surface area contributed by atoms with Crippen molar-refractivity contribution in [3.63, 3.8) is 0 Å². The van der Waals surface area contributed by atoms with Gasteiger partial charge in [0, 0.05) is 12.1 Å². The number of carbonyl (C=O) groups is 1. The molecule has 27 heavy (non-hydrogen) atoms. The minimum atomic E-state index is -0.802. The van der Waals surface area contributed by atoms with Crippen molar-refractivity contribution < 1.29 is 18.7 Å². The molecule has 0 bridgehead atoms. The van der Waals surface area contributed by atoms with Crippen LogP contribution in [-0.2, 0) is 10.2 Å². The van der Waals surface area contributed by atoms with Crippen LogP contribution in [-0.4, -0.2) is 17.6 Å². The summed E-state index contributed by atoms with van der Waals surface area (Å²) in [6, 6.07) is 17.1. The fraction of sp³-hybridized carbons (Fsp3) is 0.227. The fourth-order valence-corrected chi connectivity index (χ4v) is 3.33. The van der Waals surface area contributed by atoms with E-state index >= 15 is 0 Å². The Labute approximate surface area is 156 Å². The molecule has 5 heteroatoms. The summed E-state index contributed by atoms with van der Waals surface area (Å²) in [6.45, 7) is 0.127. The van der Waals surface area contributed by atoms with Gasteiger partial charge >= 0.3 is 0 Å². The van der Waals surface area contributed by atoms with Crippen LogP contribution in [0.5, 0.6) is 0 Å². The second-order valence-corrected chi connectivity index (χ2v) is 6.91. The van der Waals surface area contributed by atoms with Crippen LogP contribution in [0.3, 0.4) is 0 Å². The first-order chi connectivity index (χ1) is 13.1. The van der Waals surface area contributed by atoms with Crippen LogP contribution in [0.15, 0.2) is 71.3 Å². The van der Waals surface area contributed by atoms with Gasteiger partial charge < -0.3 is 14.8 Å². The van der Waals surface area contributed by atoms with Crippen molar-refractivity contribution in [3.05, 3.63) is 83.9 Å². The first-order valence-corrected chi connectivity index (χ1v) is 8.95. The Morgan fingerprint density at radius 1 is 1.11 bits per heavy atom. The number of amides is 1. The summed E-state index contributed by atoms with van der Waals surface area (Å²) >= 11 is 0. The number of halogens is 1. The molecule has 1 atom stereocenters. The van der Waals surface area contributed by atoms with Gasteiger partial charge in [0.1, 0.15) is 11.6 Å². The molecule has 138 valence electrons. The molecule has 1 saturated carbocycles. The van der Waals surface area contributed by atoms with Gasteiger partial charge in [0.2, 0.25) is 5.91 Å². The van der Waals surface area contributed by atoms with Crippen molar-refractivity contribution in [1.82, 2.24) is 5.32 Å². The molecule has 3 aromatic rings. The van der Waals surface area contributed by atoms with E-state index in [4.69, 9.17) is 4.42 Å². The molecule has 2 aromatic carbocycles. The lowest BCUT2D eigenvalue weighted by molar-refractivity contribution is -0.124. The highest BCUT2D eigenvalue weighted by Gasteiger charge is 2.51. The Bertz CT molecular complexity index is 913. The third-order valence-electron chi connectivity index (χ3n) is 5.14. The van der Waals surface area contributed by atoms with E-state index in [2.05, 4.69) is 5.32 Å². The number of aliphatic hydroxyl groups is 1. The Hall–Kier alpha value is -2.92. The maximum atomic E-state index is 13.1. The molecule has 1 heterocycles. The van der Waals surface area contributed by atoms with Crippen LogP contribution < -0.4 is 5.32 Å². The van der Waals surface area contributed by atoms with E-state index in [0.29, 0.717) is 0 Å². The van der Waals surface area contributed by atoms with E-state index in [1.165, 1.54) is 12.1 Å². The highest BCUT2D eigenvalue weighted by Crippen LogP contribution is 2.48. The standard InChI is InChI=1S/C22H20FNO3/c23-18-9-7-17(8-10-18)22(11-12-22)21(26)24-14-19(25)15-3-5-16(6-4-15)20-2-1-13-27-20/h1-10,13,19,25H,11-12,14H2,(H,24,26). The zero-order chi connectivity index (χ0) is 18.9. The Morgan fingerprint density at radius 3 is 2.41 bits per heavy atom. The molecule has 0 spiro atoms. The number of carbonyl (C=O) groups excluding carboxylic acids is 1. The number of nitrogens with one attached hydrogen (secondary N) is 1. The first-order valence-electron chi connectivity index (χ1n) is 8.95. The van der Waals surface area contributed by atoms with E-state index in [1.807, 2.05) is 36.4 Å².